The lowest BCUT2D eigenvalue weighted by Gasteiger charge is -2.20. The van der Waals surface area contributed by atoms with Gasteiger partial charge in [0.15, 0.2) is 6.23 Å². The van der Waals surface area contributed by atoms with Crippen molar-refractivity contribution in [3.05, 3.63) is 30.4 Å². The highest BCUT2D eigenvalue weighted by Gasteiger charge is 2.29. The molecular formula is C9H11N5O. The van der Waals surface area contributed by atoms with Gasteiger partial charge >= 0.3 is 0 Å². The van der Waals surface area contributed by atoms with E-state index in [0.717, 1.165) is 18.2 Å². The number of hydrogen-bond donors (Lipinski definition) is 2. The van der Waals surface area contributed by atoms with E-state index in [2.05, 4.69) is 25.1 Å². The van der Waals surface area contributed by atoms with Crippen LogP contribution in [0.25, 0.3) is 0 Å². The molecule has 3 heterocycles. The van der Waals surface area contributed by atoms with Crippen LogP contribution in [-0.4, -0.2) is 33.3 Å². The van der Waals surface area contributed by atoms with E-state index in [9.17, 15) is 0 Å². The SMILES string of the molecule is c1cc(C2OCCN2c2ncc[nH]2)[nH]n1. The Hall–Kier alpha value is -1.82. The molecule has 6 heteroatoms. The van der Waals surface area contributed by atoms with Crippen molar-refractivity contribution in [1.29, 1.82) is 0 Å². The van der Waals surface area contributed by atoms with Crippen molar-refractivity contribution in [2.24, 2.45) is 0 Å². The minimum atomic E-state index is -0.112. The summed E-state index contributed by atoms with van der Waals surface area (Å²) >= 11 is 0. The maximum Gasteiger partial charge on any atom is 0.205 e. The number of aromatic amines is 2. The molecular weight excluding hydrogens is 194 g/mol. The van der Waals surface area contributed by atoms with Gasteiger partial charge in [0.05, 0.1) is 12.3 Å². The lowest BCUT2D eigenvalue weighted by molar-refractivity contribution is 0.110. The van der Waals surface area contributed by atoms with Gasteiger partial charge in [-0.2, -0.15) is 5.10 Å². The molecule has 2 aromatic rings. The van der Waals surface area contributed by atoms with E-state index in [-0.39, 0.29) is 6.23 Å². The lowest BCUT2D eigenvalue weighted by Crippen LogP contribution is -2.24. The molecule has 1 aliphatic heterocycles. The van der Waals surface area contributed by atoms with Crippen LogP contribution in [0, 0.1) is 0 Å². The average molecular weight is 205 g/mol. The number of aromatic nitrogens is 4. The second kappa shape index (κ2) is 3.39. The van der Waals surface area contributed by atoms with Crippen molar-refractivity contribution in [1.82, 2.24) is 20.2 Å². The van der Waals surface area contributed by atoms with E-state index < -0.39 is 0 Å². The minimum Gasteiger partial charge on any atom is -0.350 e. The Morgan fingerprint density at radius 3 is 3.20 bits per heavy atom. The van der Waals surface area contributed by atoms with Gasteiger partial charge in [-0.25, -0.2) is 4.98 Å². The maximum atomic E-state index is 5.63. The normalized spacial score (nSPS) is 21.1. The first-order chi connectivity index (χ1) is 7.45. The quantitative estimate of drug-likeness (QED) is 0.756. The van der Waals surface area contributed by atoms with E-state index in [1.165, 1.54) is 0 Å². The van der Waals surface area contributed by atoms with Gasteiger partial charge < -0.3 is 14.6 Å². The van der Waals surface area contributed by atoms with Crippen LogP contribution < -0.4 is 4.90 Å². The molecule has 2 N–H and O–H groups in total. The topological polar surface area (TPSA) is 69.8 Å². The predicted molar refractivity (Wildman–Crippen MR) is 53.2 cm³/mol. The third kappa shape index (κ3) is 1.39. The molecule has 78 valence electrons. The van der Waals surface area contributed by atoms with Gasteiger partial charge in [-0.3, -0.25) is 5.10 Å². The van der Waals surface area contributed by atoms with E-state index in [0.29, 0.717) is 6.61 Å². The Morgan fingerprint density at radius 1 is 1.47 bits per heavy atom. The molecule has 1 saturated heterocycles. The second-order valence-electron chi connectivity index (χ2n) is 3.34. The van der Waals surface area contributed by atoms with E-state index in [4.69, 9.17) is 4.74 Å². The molecule has 0 amide bonds. The zero-order valence-electron chi connectivity index (χ0n) is 8.05. The fourth-order valence-corrected chi connectivity index (χ4v) is 1.76. The minimum absolute atomic E-state index is 0.112. The number of nitrogens with zero attached hydrogens (tertiary/aromatic N) is 3. The van der Waals surface area contributed by atoms with Crippen molar-refractivity contribution in [3.63, 3.8) is 0 Å². The number of anilines is 1. The van der Waals surface area contributed by atoms with E-state index in [1.807, 2.05) is 6.07 Å². The zero-order chi connectivity index (χ0) is 10.1. The summed E-state index contributed by atoms with van der Waals surface area (Å²) < 4.78 is 5.63. The van der Waals surface area contributed by atoms with Gasteiger partial charge in [-0.1, -0.05) is 0 Å². The number of hydrogen-bond acceptors (Lipinski definition) is 4. The summed E-state index contributed by atoms with van der Waals surface area (Å²) in [5.74, 6) is 0.826. The summed E-state index contributed by atoms with van der Waals surface area (Å²) in [4.78, 5) is 9.35. The predicted octanol–water partition coefficient (Wildman–Crippen LogP) is 0.668. The maximum absolute atomic E-state index is 5.63. The zero-order valence-corrected chi connectivity index (χ0v) is 8.05. The van der Waals surface area contributed by atoms with E-state index >= 15 is 0 Å². The Bertz CT molecular complexity index is 369. The fraction of sp³-hybridized carbons (Fsp3) is 0.333. The summed E-state index contributed by atoms with van der Waals surface area (Å²) in [6.07, 6.45) is 5.14. The fourth-order valence-electron chi connectivity index (χ4n) is 1.76. The molecule has 15 heavy (non-hydrogen) atoms. The average Bonchev–Trinajstić information content (AvgIpc) is 3.01. The largest absolute Gasteiger partial charge is 0.350 e. The summed E-state index contributed by atoms with van der Waals surface area (Å²) in [5.41, 5.74) is 0.948. The highest BCUT2D eigenvalue weighted by atomic mass is 16.5. The van der Waals surface area contributed by atoms with E-state index in [1.54, 1.807) is 18.6 Å². The second-order valence-corrected chi connectivity index (χ2v) is 3.34. The highest BCUT2D eigenvalue weighted by Crippen LogP contribution is 2.28. The molecule has 0 spiro atoms. The summed E-state index contributed by atoms with van der Waals surface area (Å²) in [6.45, 7) is 1.53. The molecule has 1 fully saturated rings. The molecule has 1 aliphatic rings. The molecule has 0 bridgehead atoms. The van der Waals surface area contributed by atoms with Gasteiger partial charge in [-0.05, 0) is 6.07 Å². The summed E-state index contributed by atoms with van der Waals surface area (Å²) in [5, 5.41) is 6.83. The molecule has 3 rings (SSSR count). The van der Waals surface area contributed by atoms with Crippen LogP contribution in [0.3, 0.4) is 0 Å². The number of imidazole rings is 1. The van der Waals surface area contributed by atoms with Crippen LogP contribution in [0.2, 0.25) is 0 Å². The Kier molecular flexibility index (Phi) is 1.92. The third-order valence-corrected chi connectivity index (χ3v) is 2.44. The van der Waals surface area contributed by atoms with Gasteiger partial charge in [0, 0.05) is 25.1 Å². The molecule has 2 aromatic heterocycles. The third-order valence-electron chi connectivity index (χ3n) is 2.44. The van der Waals surface area contributed by atoms with Gasteiger partial charge in [0.1, 0.15) is 0 Å². The van der Waals surface area contributed by atoms with Gasteiger partial charge in [-0.15, -0.1) is 0 Å². The first-order valence-corrected chi connectivity index (χ1v) is 4.82. The van der Waals surface area contributed by atoms with Crippen LogP contribution in [0.5, 0.6) is 0 Å². The Balaban J connectivity index is 1.90. The monoisotopic (exact) mass is 205 g/mol. The van der Waals surface area contributed by atoms with Crippen LogP contribution in [0.15, 0.2) is 24.7 Å². The van der Waals surface area contributed by atoms with Crippen LogP contribution >= 0.6 is 0 Å². The molecule has 0 aliphatic carbocycles. The van der Waals surface area contributed by atoms with Crippen LogP contribution in [0.4, 0.5) is 5.95 Å². The van der Waals surface area contributed by atoms with Crippen LogP contribution in [0.1, 0.15) is 11.9 Å². The first kappa shape index (κ1) is 8.49. The molecule has 6 nitrogen and oxygen atoms in total. The Morgan fingerprint density at radius 2 is 2.47 bits per heavy atom. The smallest absolute Gasteiger partial charge is 0.205 e. The number of rotatable bonds is 2. The molecule has 1 unspecified atom stereocenters. The number of H-pyrrole nitrogens is 2. The Labute approximate surface area is 86.3 Å². The lowest BCUT2D eigenvalue weighted by atomic mass is 10.3. The molecule has 0 radical (unpaired) electrons. The van der Waals surface area contributed by atoms with Crippen molar-refractivity contribution >= 4 is 5.95 Å². The number of nitrogens with one attached hydrogen (secondary N) is 2. The summed E-state index contributed by atoms with van der Waals surface area (Å²) in [7, 11) is 0. The van der Waals surface area contributed by atoms with Crippen molar-refractivity contribution in [2.45, 2.75) is 6.23 Å². The van der Waals surface area contributed by atoms with Crippen molar-refractivity contribution in [2.75, 3.05) is 18.1 Å². The highest BCUT2D eigenvalue weighted by molar-refractivity contribution is 5.33. The van der Waals surface area contributed by atoms with Gasteiger partial charge in [0.2, 0.25) is 5.95 Å². The van der Waals surface area contributed by atoms with Crippen molar-refractivity contribution < 1.29 is 4.74 Å². The van der Waals surface area contributed by atoms with Crippen molar-refractivity contribution in [3.8, 4) is 0 Å². The van der Waals surface area contributed by atoms with Crippen LogP contribution in [-0.2, 0) is 4.74 Å². The summed E-state index contributed by atoms with van der Waals surface area (Å²) in [6, 6.07) is 1.91. The molecule has 0 aromatic carbocycles. The molecule has 1 atom stereocenters. The molecule has 0 saturated carbocycles. The number of ether oxygens (including phenoxy) is 1. The standard InChI is InChI=1S/C9H11N5O/c1-2-12-13-7(1)8-14(5-6-15-8)9-10-3-4-11-9/h1-4,8H,5-6H2,(H,10,11)(H,12,13). The first-order valence-electron chi connectivity index (χ1n) is 4.82. The van der Waals surface area contributed by atoms with Gasteiger partial charge in [0.25, 0.3) is 0 Å².